The van der Waals surface area contributed by atoms with Crippen molar-refractivity contribution in [3.8, 4) is 5.75 Å². The zero-order valence-electron chi connectivity index (χ0n) is 11.6. The van der Waals surface area contributed by atoms with E-state index >= 15 is 0 Å². The first-order chi connectivity index (χ1) is 9.67. The molecule has 106 valence electrons. The van der Waals surface area contributed by atoms with Gasteiger partial charge in [-0.05, 0) is 67.7 Å². The fourth-order valence-corrected chi connectivity index (χ4v) is 2.52. The van der Waals surface area contributed by atoms with E-state index in [1.165, 1.54) is 6.07 Å². The molecule has 2 rings (SSSR count). The molecule has 2 aromatic carbocycles. The molecule has 2 N–H and O–H groups in total. The standard InChI is InChI=1S/C17H20FNO/c1-19-12-15(8-13-4-2-6-16(18)10-13)9-14-5-3-7-17(20)11-14/h2-7,10-11,15,19-20H,8-9,12H2,1H3. The maximum Gasteiger partial charge on any atom is 0.123 e. The lowest BCUT2D eigenvalue weighted by Crippen LogP contribution is -2.22. The summed E-state index contributed by atoms with van der Waals surface area (Å²) in [6, 6.07) is 14.1. The van der Waals surface area contributed by atoms with Gasteiger partial charge in [-0.2, -0.15) is 0 Å². The van der Waals surface area contributed by atoms with Crippen molar-refractivity contribution in [1.29, 1.82) is 0 Å². The summed E-state index contributed by atoms with van der Waals surface area (Å²) in [7, 11) is 1.92. The zero-order chi connectivity index (χ0) is 14.4. The summed E-state index contributed by atoms with van der Waals surface area (Å²) in [5.74, 6) is 0.461. The van der Waals surface area contributed by atoms with Gasteiger partial charge in [0.15, 0.2) is 0 Å². The van der Waals surface area contributed by atoms with Crippen molar-refractivity contribution in [2.24, 2.45) is 5.92 Å². The molecule has 0 saturated heterocycles. The second-order valence-electron chi connectivity index (χ2n) is 5.13. The van der Waals surface area contributed by atoms with Crippen LogP contribution in [0.1, 0.15) is 11.1 Å². The molecule has 1 atom stereocenters. The number of nitrogens with one attached hydrogen (secondary N) is 1. The van der Waals surface area contributed by atoms with E-state index < -0.39 is 0 Å². The van der Waals surface area contributed by atoms with Gasteiger partial charge in [-0.25, -0.2) is 4.39 Å². The summed E-state index contributed by atoms with van der Waals surface area (Å²) in [5.41, 5.74) is 2.10. The van der Waals surface area contributed by atoms with Crippen LogP contribution in [-0.4, -0.2) is 18.7 Å². The van der Waals surface area contributed by atoms with Crippen LogP contribution in [-0.2, 0) is 12.8 Å². The Labute approximate surface area is 119 Å². The van der Waals surface area contributed by atoms with Gasteiger partial charge in [0, 0.05) is 0 Å². The Morgan fingerprint density at radius 1 is 1.05 bits per heavy atom. The number of rotatable bonds is 6. The lowest BCUT2D eigenvalue weighted by Gasteiger charge is -2.17. The lowest BCUT2D eigenvalue weighted by molar-refractivity contribution is 0.469. The SMILES string of the molecule is CNCC(Cc1cccc(O)c1)Cc1cccc(F)c1. The zero-order valence-corrected chi connectivity index (χ0v) is 11.6. The maximum absolute atomic E-state index is 13.2. The maximum atomic E-state index is 13.2. The Balaban J connectivity index is 2.07. The molecule has 0 aromatic heterocycles. The molecule has 0 fully saturated rings. The molecule has 2 nitrogen and oxygen atoms in total. The van der Waals surface area contributed by atoms with E-state index in [4.69, 9.17) is 0 Å². The molecule has 1 unspecified atom stereocenters. The van der Waals surface area contributed by atoms with Crippen LogP contribution in [0, 0.1) is 11.7 Å². The van der Waals surface area contributed by atoms with E-state index in [9.17, 15) is 9.50 Å². The highest BCUT2D eigenvalue weighted by molar-refractivity contribution is 5.28. The molecule has 0 aliphatic carbocycles. The molecule has 3 heteroatoms. The third-order valence-corrected chi connectivity index (χ3v) is 3.34. The first kappa shape index (κ1) is 14.5. The predicted molar refractivity (Wildman–Crippen MR) is 79.3 cm³/mol. The molecular weight excluding hydrogens is 253 g/mol. The summed E-state index contributed by atoms with van der Waals surface area (Å²) < 4.78 is 13.2. The highest BCUT2D eigenvalue weighted by Gasteiger charge is 2.11. The van der Waals surface area contributed by atoms with Gasteiger partial charge in [0.1, 0.15) is 11.6 Å². The number of hydrogen-bond acceptors (Lipinski definition) is 2. The van der Waals surface area contributed by atoms with Crippen LogP contribution in [0.2, 0.25) is 0 Å². The van der Waals surface area contributed by atoms with Crippen molar-refractivity contribution in [2.75, 3.05) is 13.6 Å². The Morgan fingerprint density at radius 3 is 2.30 bits per heavy atom. The number of hydrogen-bond donors (Lipinski definition) is 2. The van der Waals surface area contributed by atoms with Gasteiger partial charge >= 0.3 is 0 Å². The minimum absolute atomic E-state index is 0.192. The topological polar surface area (TPSA) is 32.3 Å². The second-order valence-corrected chi connectivity index (χ2v) is 5.13. The number of phenolic OH excluding ortho intramolecular Hbond substituents is 1. The van der Waals surface area contributed by atoms with Crippen LogP contribution in [0.25, 0.3) is 0 Å². The molecule has 0 amide bonds. The lowest BCUT2D eigenvalue weighted by atomic mass is 9.92. The van der Waals surface area contributed by atoms with Gasteiger partial charge in [-0.3, -0.25) is 0 Å². The first-order valence-corrected chi connectivity index (χ1v) is 6.84. The average molecular weight is 273 g/mol. The molecule has 0 radical (unpaired) electrons. The van der Waals surface area contributed by atoms with E-state index in [0.717, 1.165) is 30.5 Å². The quantitative estimate of drug-likeness (QED) is 0.847. The summed E-state index contributed by atoms with van der Waals surface area (Å²) in [6.07, 6.45) is 1.67. The van der Waals surface area contributed by atoms with Gasteiger partial charge in [0.05, 0.1) is 0 Å². The van der Waals surface area contributed by atoms with Crippen molar-refractivity contribution in [2.45, 2.75) is 12.8 Å². The molecule has 2 aromatic rings. The number of halogens is 1. The van der Waals surface area contributed by atoms with Crippen LogP contribution < -0.4 is 5.32 Å². The van der Waals surface area contributed by atoms with Crippen LogP contribution in [0.5, 0.6) is 5.75 Å². The number of phenols is 1. The predicted octanol–water partition coefficient (Wildman–Crippen LogP) is 3.15. The van der Waals surface area contributed by atoms with Crippen LogP contribution >= 0.6 is 0 Å². The summed E-state index contributed by atoms with van der Waals surface area (Å²) in [6.45, 7) is 0.853. The van der Waals surface area contributed by atoms with E-state index in [1.54, 1.807) is 24.3 Å². The number of benzene rings is 2. The van der Waals surface area contributed by atoms with Crippen molar-refractivity contribution in [3.63, 3.8) is 0 Å². The Hall–Kier alpha value is -1.87. The molecule has 0 spiro atoms. The average Bonchev–Trinajstić information content (AvgIpc) is 2.39. The van der Waals surface area contributed by atoms with Crippen molar-refractivity contribution in [3.05, 3.63) is 65.5 Å². The molecule has 0 aliphatic rings. The Kier molecular flexibility index (Phi) is 5.13. The van der Waals surface area contributed by atoms with Gasteiger partial charge in [0.25, 0.3) is 0 Å². The second kappa shape index (κ2) is 7.06. The van der Waals surface area contributed by atoms with E-state index in [-0.39, 0.29) is 11.6 Å². The van der Waals surface area contributed by atoms with Gasteiger partial charge in [-0.15, -0.1) is 0 Å². The largest absolute Gasteiger partial charge is 0.508 e. The third-order valence-electron chi connectivity index (χ3n) is 3.34. The molecule has 0 heterocycles. The van der Waals surface area contributed by atoms with Crippen LogP contribution in [0.4, 0.5) is 4.39 Å². The summed E-state index contributed by atoms with van der Waals surface area (Å²) >= 11 is 0. The van der Waals surface area contributed by atoms with Gasteiger partial charge in [0.2, 0.25) is 0 Å². The normalized spacial score (nSPS) is 12.3. The van der Waals surface area contributed by atoms with E-state index in [1.807, 2.05) is 25.2 Å². The van der Waals surface area contributed by atoms with Crippen molar-refractivity contribution in [1.82, 2.24) is 5.32 Å². The fourth-order valence-electron chi connectivity index (χ4n) is 2.52. The fraction of sp³-hybridized carbons (Fsp3) is 0.294. The molecule has 0 saturated carbocycles. The molecule has 0 aliphatic heterocycles. The molecule has 0 bridgehead atoms. The first-order valence-electron chi connectivity index (χ1n) is 6.84. The van der Waals surface area contributed by atoms with E-state index in [2.05, 4.69) is 5.32 Å². The highest BCUT2D eigenvalue weighted by Crippen LogP contribution is 2.18. The molecule has 20 heavy (non-hydrogen) atoms. The molecular formula is C17H20FNO. The minimum atomic E-state index is -0.192. The van der Waals surface area contributed by atoms with Crippen LogP contribution in [0.3, 0.4) is 0 Å². The monoisotopic (exact) mass is 273 g/mol. The Morgan fingerprint density at radius 2 is 1.70 bits per heavy atom. The van der Waals surface area contributed by atoms with E-state index in [0.29, 0.717) is 5.92 Å². The van der Waals surface area contributed by atoms with Crippen LogP contribution in [0.15, 0.2) is 48.5 Å². The van der Waals surface area contributed by atoms with Gasteiger partial charge < -0.3 is 10.4 Å². The Bertz CT molecular complexity index is 509. The number of aromatic hydroxyl groups is 1. The smallest absolute Gasteiger partial charge is 0.123 e. The minimum Gasteiger partial charge on any atom is -0.508 e. The third kappa shape index (κ3) is 4.35. The van der Waals surface area contributed by atoms with Gasteiger partial charge in [-0.1, -0.05) is 24.3 Å². The highest BCUT2D eigenvalue weighted by atomic mass is 19.1. The summed E-state index contributed by atoms with van der Waals surface area (Å²) in [4.78, 5) is 0. The van der Waals surface area contributed by atoms with Crippen molar-refractivity contribution < 1.29 is 9.50 Å². The van der Waals surface area contributed by atoms with Crippen molar-refractivity contribution >= 4 is 0 Å². The summed E-state index contributed by atoms with van der Waals surface area (Å²) in [5, 5.41) is 12.7.